The van der Waals surface area contributed by atoms with E-state index in [1.165, 1.54) is 28.9 Å². The minimum atomic E-state index is -4.52. The van der Waals surface area contributed by atoms with Crippen LogP contribution in [0.1, 0.15) is 28.9 Å². The third kappa shape index (κ3) is 3.01. The van der Waals surface area contributed by atoms with Crippen molar-refractivity contribution < 1.29 is 18.0 Å². The Labute approximate surface area is 157 Å². The van der Waals surface area contributed by atoms with Gasteiger partial charge in [-0.2, -0.15) is 13.2 Å². The van der Waals surface area contributed by atoms with Crippen molar-refractivity contribution in [3.8, 4) is 0 Å². The smallest absolute Gasteiger partial charge is 0.360 e. The first kappa shape index (κ1) is 17.7. The summed E-state index contributed by atoms with van der Waals surface area (Å²) >= 11 is 1.22. The molecule has 0 spiro atoms. The SMILES string of the molecule is CSC1=NN2[C@@H](c3ccccc3C(F)(F)F)Nc3ccccc3[C@H]2C(=O)N1. The zero-order valence-electron chi connectivity index (χ0n) is 14.1. The molecule has 0 saturated carbocycles. The second-order valence-corrected chi connectivity index (χ2v) is 6.90. The fourth-order valence-electron chi connectivity index (χ4n) is 3.36. The first-order chi connectivity index (χ1) is 12.9. The summed E-state index contributed by atoms with van der Waals surface area (Å²) in [7, 11) is 0. The standard InChI is InChI=1S/C18H15F3N4OS/c1-27-17-23-16(26)14-11-7-3-5-9-13(11)22-15(25(14)24-17)10-6-2-4-8-12(10)18(19,20)21/h2-9,14-15,22H,1H3,(H,23,24,26)/t14-,15-/m0/s1. The number of hydrazone groups is 1. The van der Waals surface area contributed by atoms with Crippen LogP contribution in [0.2, 0.25) is 0 Å². The third-order valence-electron chi connectivity index (χ3n) is 4.52. The van der Waals surface area contributed by atoms with E-state index < -0.39 is 23.9 Å². The molecule has 5 nitrogen and oxygen atoms in total. The van der Waals surface area contributed by atoms with E-state index in [4.69, 9.17) is 0 Å². The number of hydrogen-bond donors (Lipinski definition) is 2. The van der Waals surface area contributed by atoms with Crippen molar-refractivity contribution in [3.63, 3.8) is 0 Å². The highest BCUT2D eigenvalue weighted by molar-refractivity contribution is 8.13. The van der Waals surface area contributed by atoms with Crippen LogP contribution >= 0.6 is 11.8 Å². The fourth-order valence-corrected chi connectivity index (χ4v) is 3.74. The predicted octanol–water partition coefficient (Wildman–Crippen LogP) is 3.94. The van der Waals surface area contributed by atoms with E-state index in [9.17, 15) is 18.0 Å². The highest BCUT2D eigenvalue weighted by Gasteiger charge is 2.44. The summed E-state index contributed by atoms with van der Waals surface area (Å²) in [6.07, 6.45) is -3.71. The lowest BCUT2D eigenvalue weighted by Crippen LogP contribution is -2.51. The topological polar surface area (TPSA) is 56.7 Å². The highest BCUT2D eigenvalue weighted by Crippen LogP contribution is 2.45. The number of nitrogens with zero attached hydrogens (tertiary/aromatic N) is 2. The maximum atomic E-state index is 13.6. The van der Waals surface area contributed by atoms with Gasteiger partial charge in [-0.05, 0) is 18.4 Å². The lowest BCUT2D eigenvalue weighted by atomic mass is 9.95. The number of rotatable bonds is 1. The normalized spacial score (nSPS) is 21.6. The minimum Gasteiger partial charge on any atom is -0.360 e. The molecule has 2 aliphatic heterocycles. The van der Waals surface area contributed by atoms with Gasteiger partial charge >= 0.3 is 6.18 Å². The van der Waals surface area contributed by atoms with E-state index in [0.29, 0.717) is 16.4 Å². The number of amidine groups is 1. The van der Waals surface area contributed by atoms with Crippen LogP contribution in [0.4, 0.5) is 18.9 Å². The molecule has 0 saturated heterocycles. The van der Waals surface area contributed by atoms with Gasteiger partial charge in [0, 0.05) is 16.8 Å². The Bertz CT molecular complexity index is 931. The molecule has 2 N–H and O–H groups in total. The van der Waals surface area contributed by atoms with Crippen molar-refractivity contribution in [2.45, 2.75) is 18.4 Å². The lowest BCUT2D eigenvalue weighted by Gasteiger charge is -2.44. The number of halogens is 3. The van der Waals surface area contributed by atoms with Crippen molar-refractivity contribution in [2.75, 3.05) is 11.6 Å². The molecule has 0 fully saturated rings. The Morgan fingerprint density at radius 2 is 1.74 bits per heavy atom. The number of benzene rings is 2. The molecule has 0 bridgehead atoms. The number of alkyl halides is 3. The van der Waals surface area contributed by atoms with Crippen LogP contribution in [-0.2, 0) is 11.0 Å². The van der Waals surface area contributed by atoms with Crippen molar-refractivity contribution in [1.82, 2.24) is 10.3 Å². The Hall–Kier alpha value is -2.68. The van der Waals surface area contributed by atoms with Gasteiger partial charge < -0.3 is 10.6 Å². The number of amides is 1. The van der Waals surface area contributed by atoms with E-state index >= 15 is 0 Å². The summed E-state index contributed by atoms with van der Waals surface area (Å²) in [6.45, 7) is 0. The van der Waals surface area contributed by atoms with E-state index in [2.05, 4.69) is 15.7 Å². The van der Waals surface area contributed by atoms with Gasteiger partial charge in [-0.3, -0.25) is 9.80 Å². The Morgan fingerprint density at radius 1 is 1.07 bits per heavy atom. The fraction of sp³-hybridized carbons (Fsp3) is 0.222. The first-order valence-electron chi connectivity index (χ1n) is 8.13. The van der Waals surface area contributed by atoms with Gasteiger partial charge in [0.1, 0.15) is 6.17 Å². The summed E-state index contributed by atoms with van der Waals surface area (Å²) in [6, 6.07) is 11.6. The van der Waals surface area contributed by atoms with Crippen molar-refractivity contribution in [1.29, 1.82) is 0 Å². The molecule has 0 radical (unpaired) electrons. The van der Waals surface area contributed by atoms with E-state index in [-0.39, 0.29) is 11.5 Å². The molecule has 27 heavy (non-hydrogen) atoms. The zero-order valence-corrected chi connectivity index (χ0v) is 14.9. The van der Waals surface area contributed by atoms with Crippen LogP contribution in [0.5, 0.6) is 0 Å². The molecule has 2 atom stereocenters. The van der Waals surface area contributed by atoms with Gasteiger partial charge in [0.25, 0.3) is 5.91 Å². The zero-order chi connectivity index (χ0) is 19.2. The van der Waals surface area contributed by atoms with Crippen LogP contribution < -0.4 is 10.6 Å². The first-order valence-corrected chi connectivity index (χ1v) is 9.36. The van der Waals surface area contributed by atoms with Crippen molar-refractivity contribution >= 4 is 28.5 Å². The molecule has 2 heterocycles. The number of carbonyl (C=O) groups excluding carboxylic acids is 1. The Morgan fingerprint density at radius 3 is 2.44 bits per heavy atom. The molecule has 2 aromatic carbocycles. The summed E-state index contributed by atoms with van der Waals surface area (Å²) in [4.78, 5) is 12.7. The number of carbonyl (C=O) groups is 1. The van der Waals surface area contributed by atoms with Crippen LogP contribution in [0.15, 0.2) is 53.6 Å². The van der Waals surface area contributed by atoms with E-state index in [1.807, 2.05) is 0 Å². The van der Waals surface area contributed by atoms with Crippen LogP contribution in [-0.4, -0.2) is 22.3 Å². The molecule has 0 unspecified atom stereocenters. The van der Waals surface area contributed by atoms with Crippen LogP contribution in [0, 0.1) is 0 Å². The van der Waals surface area contributed by atoms with Crippen LogP contribution in [0.25, 0.3) is 0 Å². The van der Waals surface area contributed by atoms with Gasteiger partial charge in [-0.1, -0.05) is 48.2 Å². The number of hydrogen-bond acceptors (Lipinski definition) is 5. The van der Waals surface area contributed by atoms with Crippen molar-refractivity contribution in [2.24, 2.45) is 5.10 Å². The average molecular weight is 392 g/mol. The summed E-state index contributed by atoms with van der Waals surface area (Å²) < 4.78 is 40.7. The second kappa shape index (κ2) is 6.49. The monoisotopic (exact) mass is 392 g/mol. The maximum Gasteiger partial charge on any atom is 0.416 e. The van der Waals surface area contributed by atoms with Gasteiger partial charge in [-0.25, -0.2) is 0 Å². The lowest BCUT2D eigenvalue weighted by molar-refractivity contribution is -0.139. The number of nitrogens with one attached hydrogen (secondary N) is 2. The quantitative estimate of drug-likeness (QED) is 0.772. The van der Waals surface area contributed by atoms with Gasteiger partial charge in [-0.15, -0.1) is 5.10 Å². The predicted molar refractivity (Wildman–Crippen MR) is 97.9 cm³/mol. The summed E-state index contributed by atoms with van der Waals surface area (Å²) in [5.41, 5.74) is 0.536. The Balaban J connectivity index is 1.90. The van der Waals surface area contributed by atoms with Gasteiger partial charge in [0.2, 0.25) is 0 Å². The summed E-state index contributed by atoms with van der Waals surface area (Å²) in [5, 5.41) is 12.0. The molecule has 2 aliphatic rings. The van der Waals surface area contributed by atoms with E-state index in [1.54, 1.807) is 36.6 Å². The van der Waals surface area contributed by atoms with Gasteiger partial charge in [0.15, 0.2) is 11.2 Å². The molecule has 2 aromatic rings. The molecular weight excluding hydrogens is 377 g/mol. The van der Waals surface area contributed by atoms with E-state index in [0.717, 1.165) is 6.07 Å². The molecule has 1 amide bonds. The third-order valence-corrected chi connectivity index (χ3v) is 5.09. The molecule has 140 valence electrons. The highest BCUT2D eigenvalue weighted by atomic mass is 32.2. The molecule has 9 heteroatoms. The molecule has 4 rings (SSSR count). The van der Waals surface area contributed by atoms with Crippen molar-refractivity contribution in [3.05, 3.63) is 65.2 Å². The number of thioether (sulfide) groups is 1. The average Bonchev–Trinajstić information content (AvgIpc) is 2.66. The number of para-hydroxylation sites is 1. The molecular formula is C18H15F3N4OS. The number of anilines is 1. The number of fused-ring (bicyclic) bond motifs is 3. The second-order valence-electron chi connectivity index (χ2n) is 6.10. The van der Waals surface area contributed by atoms with Gasteiger partial charge in [0.05, 0.1) is 5.56 Å². The maximum absolute atomic E-state index is 13.6. The summed E-state index contributed by atoms with van der Waals surface area (Å²) in [5.74, 6) is -0.321. The molecule has 0 aromatic heterocycles. The largest absolute Gasteiger partial charge is 0.416 e. The molecule has 0 aliphatic carbocycles. The Kier molecular flexibility index (Phi) is 4.26. The van der Waals surface area contributed by atoms with Crippen LogP contribution in [0.3, 0.4) is 0 Å². The minimum absolute atomic E-state index is 0.0170.